The molecule has 0 radical (unpaired) electrons. The molecule has 2 N–H and O–H groups in total. The molecule has 0 spiro atoms. The summed E-state index contributed by atoms with van der Waals surface area (Å²) in [7, 11) is 0. The summed E-state index contributed by atoms with van der Waals surface area (Å²) >= 11 is 2.22. The van der Waals surface area contributed by atoms with E-state index in [0.29, 0.717) is 6.42 Å². The number of nitrogens with one attached hydrogen (secondary N) is 1. The van der Waals surface area contributed by atoms with Gasteiger partial charge in [-0.3, -0.25) is 4.90 Å². The van der Waals surface area contributed by atoms with Crippen LogP contribution in [-0.2, 0) is 0 Å². The molecule has 1 fully saturated rings. The molecule has 1 atom stereocenters. The lowest BCUT2D eigenvalue weighted by molar-refractivity contribution is 0.151. The van der Waals surface area contributed by atoms with Gasteiger partial charge in [0.15, 0.2) is 0 Å². The fourth-order valence-corrected chi connectivity index (χ4v) is 3.10. The Morgan fingerprint density at radius 2 is 2.05 bits per heavy atom. The lowest BCUT2D eigenvalue weighted by atomic mass is 9.99. The van der Waals surface area contributed by atoms with E-state index in [1.165, 1.54) is 0 Å². The van der Waals surface area contributed by atoms with Crippen LogP contribution in [0.3, 0.4) is 0 Å². The number of aliphatic hydroxyl groups excluding tert-OH is 1. The lowest BCUT2D eigenvalue weighted by Crippen LogP contribution is -2.45. The number of halogens is 3. The van der Waals surface area contributed by atoms with Gasteiger partial charge in [-0.25, -0.2) is 4.39 Å². The van der Waals surface area contributed by atoms with E-state index < -0.39 is 0 Å². The average molecular weight is 415 g/mol. The van der Waals surface area contributed by atoms with Crippen molar-refractivity contribution in [3.8, 4) is 0 Å². The summed E-state index contributed by atoms with van der Waals surface area (Å²) in [5.74, 6) is -0.137. The van der Waals surface area contributed by atoms with Crippen molar-refractivity contribution >= 4 is 35.0 Å². The van der Waals surface area contributed by atoms with Crippen LogP contribution in [0.1, 0.15) is 24.4 Å². The molecule has 1 aromatic carbocycles. The summed E-state index contributed by atoms with van der Waals surface area (Å²) in [4.78, 5) is 2.32. The Balaban J connectivity index is 0.00000200. The van der Waals surface area contributed by atoms with Crippen LogP contribution in [0.15, 0.2) is 18.2 Å². The molecule has 0 unspecified atom stereocenters. The van der Waals surface area contributed by atoms with Crippen LogP contribution in [0.2, 0.25) is 0 Å². The number of hydrogen-bond acceptors (Lipinski definition) is 3. The van der Waals surface area contributed by atoms with Gasteiger partial charge in [0.25, 0.3) is 0 Å². The quantitative estimate of drug-likeness (QED) is 0.727. The van der Waals surface area contributed by atoms with E-state index in [2.05, 4.69) is 32.8 Å². The van der Waals surface area contributed by atoms with Crippen LogP contribution in [-0.4, -0.2) is 42.8 Å². The van der Waals surface area contributed by atoms with E-state index in [4.69, 9.17) is 5.11 Å². The fraction of sp³-hybridized carbons (Fsp3) is 0.571. The normalized spacial score (nSPS) is 17.6. The number of rotatable bonds is 5. The standard InChI is InChI=1S/C14H20FIN2O.ClH/c15-13-4-3-11(16)10-12(13)14(2-1-9-19)18-7-5-17-6-8-18;/h3-4,10,14,17,19H,1-2,5-9H2;1H/t14-;/m0./s1. The third kappa shape index (κ3) is 4.80. The van der Waals surface area contributed by atoms with E-state index in [0.717, 1.165) is 41.7 Å². The van der Waals surface area contributed by atoms with Crippen molar-refractivity contribution in [3.05, 3.63) is 33.1 Å². The van der Waals surface area contributed by atoms with E-state index >= 15 is 0 Å². The predicted molar refractivity (Wildman–Crippen MR) is 89.9 cm³/mol. The highest BCUT2D eigenvalue weighted by Gasteiger charge is 2.24. The minimum absolute atomic E-state index is 0. The molecule has 1 saturated heterocycles. The van der Waals surface area contributed by atoms with E-state index in [9.17, 15) is 4.39 Å². The highest BCUT2D eigenvalue weighted by molar-refractivity contribution is 14.1. The molecule has 3 nitrogen and oxygen atoms in total. The van der Waals surface area contributed by atoms with Crippen molar-refractivity contribution in [2.75, 3.05) is 32.8 Å². The highest BCUT2D eigenvalue weighted by atomic mass is 127. The van der Waals surface area contributed by atoms with Gasteiger partial charge in [-0.2, -0.15) is 0 Å². The maximum Gasteiger partial charge on any atom is 0.128 e. The monoisotopic (exact) mass is 414 g/mol. The predicted octanol–water partition coefficient (Wildman–Crippen LogP) is 2.57. The van der Waals surface area contributed by atoms with Crippen molar-refractivity contribution in [1.82, 2.24) is 10.2 Å². The van der Waals surface area contributed by atoms with Crippen LogP contribution >= 0.6 is 35.0 Å². The second kappa shape index (κ2) is 9.15. The average Bonchev–Trinajstić information content (AvgIpc) is 2.44. The Morgan fingerprint density at radius 1 is 1.35 bits per heavy atom. The third-order valence-electron chi connectivity index (χ3n) is 3.55. The molecule has 1 aliphatic rings. The fourth-order valence-electron chi connectivity index (χ4n) is 2.58. The first kappa shape index (κ1) is 18.1. The number of hydrogen-bond donors (Lipinski definition) is 2. The largest absolute Gasteiger partial charge is 0.396 e. The maximum absolute atomic E-state index is 14.1. The van der Waals surface area contributed by atoms with Gasteiger partial charge in [-0.05, 0) is 53.6 Å². The molecule has 0 amide bonds. The Kier molecular flexibility index (Phi) is 8.28. The van der Waals surface area contributed by atoms with Crippen LogP contribution in [0.4, 0.5) is 4.39 Å². The molecule has 6 heteroatoms. The summed E-state index contributed by atoms with van der Waals surface area (Å²) in [5, 5.41) is 12.4. The molecular formula is C14H21ClFIN2O. The molecule has 2 rings (SSSR count). The van der Waals surface area contributed by atoms with Gasteiger partial charge in [0.05, 0.1) is 0 Å². The summed E-state index contributed by atoms with van der Waals surface area (Å²) in [6.45, 7) is 3.92. The minimum atomic E-state index is -0.137. The first-order valence-corrected chi connectivity index (χ1v) is 7.81. The third-order valence-corrected chi connectivity index (χ3v) is 4.22. The molecule has 1 aliphatic heterocycles. The van der Waals surface area contributed by atoms with Gasteiger partial charge in [0.1, 0.15) is 5.82 Å². The topological polar surface area (TPSA) is 35.5 Å². The minimum Gasteiger partial charge on any atom is -0.396 e. The Hall–Kier alpha value is 0.0500. The van der Waals surface area contributed by atoms with E-state index in [1.807, 2.05) is 6.07 Å². The molecule has 0 aliphatic carbocycles. The van der Waals surface area contributed by atoms with Gasteiger partial charge in [-0.1, -0.05) is 0 Å². The SMILES string of the molecule is Cl.OCCC[C@@H](c1cc(I)ccc1F)N1CCNCC1. The summed E-state index contributed by atoms with van der Waals surface area (Å²) in [5.41, 5.74) is 0.766. The second-order valence-corrected chi connectivity index (χ2v) is 6.08. The second-order valence-electron chi connectivity index (χ2n) is 4.83. The lowest BCUT2D eigenvalue weighted by Gasteiger charge is -2.35. The van der Waals surface area contributed by atoms with Crippen molar-refractivity contribution in [2.24, 2.45) is 0 Å². The molecule has 114 valence electrons. The van der Waals surface area contributed by atoms with Gasteiger partial charge < -0.3 is 10.4 Å². The van der Waals surface area contributed by atoms with Crippen molar-refractivity contribution in [3.63, 3.8) is 0 Å². The van der Waals surface area contributed by atoms with Gasteiger partial charge in [0.2, 0.25) is 0 Å². The summed E-state index contributed by atoms with van der Waals surface area (Å²) < 4.78 is 15.1. The van der Waals surface area contributed by atoms with Crippen LogP contribution < -0.4 is 5.32 Å². The summed E-state index contributed by atoms with van der Waals surface area (Å²) in [6.07, 6.45) is 1.51. The molecule has 1 aromatic rings. The number of piperazine rings is 1. The number of aliphatic hydroxyl groups is 1. The number of nitrogens with zero attached hydrogens (tertiary/aromatic N) is 1. The Morgan fingerprint density at radius 3 is 2.70 bits per heavy atom. The zero-order valence-electron chi connectivity index (χ0n) is 11.3. The van der Waals surface area contributed by atoms with Gasteiger partial charge in [0, 0.05) is 48.0 Å². The first-order valence-electron chi connectivity index (χ1n) is 6.73. The molecule has 0 saturated carbocycles. The highest BCUT2D eigenvalue weighted by Crippen LogP contribution is 2.29. The zero-order chi connectivity index (χ0) is 13.7. The van der Waals surface area contributed by atoms with Crippen molar-refractivity contribution < 1.29 is 9.50 Å². The molecule has 0 aromatic heterocycles. The molecule has 20 heavy (non-hydrogen) atoms. The smallest absolute Gasteiger partial charge is 0.128 e. The van der Waals surface area contributed by atoms with E-state index in [-0.39, 0.29) is 30.9 Å². The molecular weight excluding hydrogens is 394 g/mol. The van der Waals surface area contributed by atoms with Crippen molar-refractivity contribution in [1.29, 1.82) is 0 Å². The first-order chi connectivity index (χ1) is 9.22. The zero-order valence-corrected chi connectivity index (χ0v) is 14.3. The maximum atomic E-state index is 14.1. The van der Waals surface area contributed by atoms with Crippen LogP contribution in [0.5, 0.6) is 0 Å². The van der Waals surface area contributed by atoms with Gasteiger partial charge in [-0.15, -0.1) is 12.4 Å². The number of benzene rings is 1. The van der Waals surface area contributed by atoms with E-state index in [1.54, 1.807) is 12.1 Å². The molecule has 1 heterocycles. The van der Waals surface area contributed by atoms with Crippen molar-refractivity contribution in [2.45, 2.75) is 18.9 Å². The Bertz CT molecular complexity index is 416. The van der Waals surface area contributed by atoms with Crippen LogP contribution in [0, 0.1) is 9.39 Å². The van der Waals surface area contributed by atoms with Crippen LogP contribution in [0.25, 0.3) is 0 Å². The van der Waals surface area contributed by atoms with Gasteiger partial charge >= 0.3 is 0 Å². The summed E-state index contributed by atoms with van der Waals surface area (Å²) in [6, 6.07) is 5.34. The Labute approximate surface area is 139 Å². The molecule has 0 bridgehead atoms.